The number of nitrogens with zero attached hydrogens (tertiary/aromatic N) is 3. The fourth-order valence-electron chi connectivity index (χ4n) is 9.17. The molecule has 0 bridgehead atoms. The smallest absolute Gasteiger partial charge is 0.258 e. The van der Waals surface area contributed by atoms with Crippen molar-refractivity contribution in [3.63, 3.8) is 0 Å². The predicted molar refractivity (Wildman–Crippen MR) is 193 cm³/mol. The maximum absolute atomic E-state index is 13.6. The quantitative estimate of drug-likeness (QED) is 0.257. The molecule has 3 amide bonds. The normalized spacial score (nSPS) is 22.3. The van der Waals surface area contributed by atoms with E-state index < -0.39 is 0 Å². The molecule has 51 heavy (non-hydrogen) atoms. The van der Waals surface area contributed by atoms with Crippen LogP contribution in [0.15, 0.2) is 84.9 Å². The number of nitrogens with one attached hydrogen (secondary N) is 1. The predicted octanol–water partition coefficient (Wildman–Crippen LogP) is 5.81. The summed E-state index contributed by atoms with van der Waals surface area (Å²) in [6, 6.07) is 29.2. The van der Waals surface area contributed by atoms with E-state index in [0.29, 0.717) is 36.9 Å². The van der Waals surface area contributed by atoms with Gasteiger partial charge in [-0.3, -0.25) is 19.7 Å². The summed E-state index contributed by atoms with van der Waals surface area (Å²) in [7, 11) is 0. The van der Waals surface area contributed by atoms with Crippen LogP contribution in [0.25, 0.3) is 0 Å². The summed E-state index contributed by atoms with van der Waals surface area (Å²) in [6.07, 6.45) is 3.94. The molecule has 0 aliphatic carbocycles. The third-order valence-electron chi connectivity index (χ3n) is 11.9. The molecular weight excluding hydrogens is 640 g/mol. The van der Waals surface area contributed by atoms with Gasteiger partial charge < -0.3 is 24.5 Å². The Labute approximate surface area is 297 Å². The molecule has 0 spiro atoms. The largest absolute Gasteiger partial charge is 0.508 e. The summed E-state index contributed by atoms with van der Waals surface area (Å²) >= 11 is 0. The third-order valence-corrected chi connectivity index (χ3v) is 11.9. The molecule has 9 nitrogen and oxygen atoms in total. The number of benzene rings is 4. The fraction of sp³-hybridized carbons (Fsp3) is 0.357. The van der Waals surface area contributed by atoms with Crippen molar-refractivity contribution < 1.29 is 24.2 Å². The molecule has 5 aliphatic heterocycles. The van der Waals surface area contributed by atoms with Crippen molar-refractivity contribution in [2.75, 3.05) is 37.7 Å². The van der Waals surface area contributed by atoms with E-state index in [1.807, 2.05) is 17.0 Å². The molecule has 2 saturated heterocycles. The van der Waals surface area contributed by atoms with E-state index in [4.69, 9.17) is 4.74 Å². The van der Waals surface area contributed by atoms with Crippen molar-refractivity contribution in [2.45, 2.75) is 56.7 Å². The Morgan fingerprint density at radius 1 is 0.745 bits per heavy atom. The first kappa shape index (κ1) is 31.8. The number of carbonyl (C=O) groups excluding carboxylic acids is 3. The van der Waals surface area contributed by atoms with Gasteiger partial charge in [-0.1, -0.05) is 48.5 Å². The van der Waals surface area contributed by atoms with Gasteiger partial charge in [0.1, 0.15) is 11.5 Å². The lowest BCUT2D eigenvalue weighted by atomic mass is 9.76. The lowest BCUT2D eigenvalue weighted by Gasteiger charge is -2.42. The average molecular weight is 683 g/mol. The number of carbonyl (C=O) groups is 3. The third kappa shape index (κ3) is 5.83. The second-order valence-corrected chi connectivity index (χ2v) is 14.8. The summed E-state index contributed by atoms with van der Waals surface area (Å²) in [5, 5.41) is 12.5. The molecule has 4 aromatic rings. The van der Waals surface area contributed by atoms with Gasteiger partial charge in [0.15, 0.2) is 0 Å². The zero-order chi connectivity index (χ0) is 34.6. The van der Waals surface area contributed by atoms with Gasteiger partial charge in [0.05, 0.1) is 17.7 Å². The lowest BCUT2D eigenvalue weighted by molar-refractivity contribution is -0.138. The van der Waals surface area contributed by atoms with Crippen LogP contribution < -0.4 is 15.0 Å². The van der Waals surface area contributed by atoms with E-state index in [1.165, 1.54) is 16.8 Å². The van der Waals surface area contributed by atoms with Crippen molar-refractivity contribution in [1.82, 2.24) is 15.1 Å². The number of aromatic hydroxyl groups is 1. The highest BCUT2D eigenvalue weighted by molar-refractivity contribution is 6.21. The molecule has 5 heterocycles. The Balaban J connectivity index is 0.803. The van der Waals surface area contributed by atoms with Crippen LogP contribution in [-0.2, 0) is 17.9 Å². The Bertz CT molecular complexity index is 1950. The molecule has 9 heteroatoms. The molecule has 0 unspecified atom stereocenters. The number of amides is 3. The number of anilines is 1. The molecule has 0 aromatic heterocycles. The summed E-state index contributed by atoms with van der Waals surface area (Å²) in [6.45, 7) is 5.45. The van der Waals surface area contributed by atoms with Crippen LogP contribution in [0.4, 0.5) is 5.69 Å². The first-order valence-electron chi connectivity index (χ1n) is 18.3. The van der Waals surface area contributed by atoms with Crippen molar-refractivity contribution >= 4 is 23.4 Å². The Morgan fingerprint density at radius 3 is 2.08 bits per heavy atom. The standard InChI is InChI=1S/C42H42N4O5/c47-33-10-11-34-38(22-33)51-25-37(26-4-2-1-3-5-26)39(34)27-6-8-31(9-7-27)45-18-14-32(15-19-45)44-16-12-28(13-17-44)42(50)46-23-29-20-35-36(21-30(29)24-46)41(49)43-40(35)48/h1-11,20-22,28,32,37,39,47H,12-19,23-25H2,(H,43,48,49)/t37-,39-/m1/s1. The van der Waals surface area contributed by atoms with Gasteiger partial charge in [-0.15, -0.1) is 0 Å². The Kier molecular flexibility index (Phi) is 8.03. The van der Waals surface area contributed by atoms with Crippen molar-refractivity contribution in [1.29, 1.82) is 0 Å². The van der Waals surface area contributed by atoms with Crippen LogP contribution in [0.5, 0.6) is 11.5 Å². The molecule has 4 aromatic carbocycles. The minimum atomic E-state index is -0.351. The molecule has 260 valence electrons. The molecule has 0 saturated carbocycles. The fourth-order valence-corrected chi connectivity index (χ4v) is 9.17. The number of phenols is 1. The second-order valence-electron chi connectivity index (χ2n) is 14.8. The molecule has 0 radical (unpaired) electrons. The molecule has 5 aliphatic rings. The number of hydrogen-bond donors (Lipinski definition) is 2. The lowest BCUT2D eigenvalue weighted by Crippen LogP contribution is -2.49. The van der Waals surface area contributed by atoms with Crippen LogP contribution in [0.3, 0.4) is 0 Å². The van der Waals surface area contributed by atoms with Gasteiger partial charge in [0.2, 0.25) is 5.91 Å². The second kappa shape index (κ2) is 12.9. The van der Waals surface area contributed by atoms with Crippen LogP contribution in [0.1, 0.15) is 86.1 Å². The van der Waals surface area contributed by atoms with Gasteiger partial charge in [0.25, 0.3) is 11.8 Å². The van der Waals surface area contributed by atoms with E-state index in [2.05, 4.69) is 63.6 Å². The minimum Gasteiger partial charge on any atom is -0.508 e. The SMILES string of the molecule is O=C1NC(=O)c2cc3c(cc21)CN(C(=O)C1CCN(C2CCN(c4ccc([C@@H]5c6ccc(O)cc6OC[C@@H]5c5ccccc5)cc4)CC2)CC1)C3. The van der Waals surface area contributed by atoms with Crippen LogP contribution >= 0.6 is 0 Å². The maximum atomic E-state index is 13.6. The molecular formula is C42H42N4O5. The van der Waals surface area contributed by atoms with E-state index >= 15 is 0 Å². The first-order chi connectivity index (χ1) is 24.9. The van der Waals surface area contributed by atoms with E-state index in [1.54, 1.807) is 24.3 Å². The van der Waals surface area contributed by atoms with Crippen LogP contribution in [-0.4, -0.2) is 71.5 Å². The highest BCUT2D eigenvalue weighted by atomic mass is 16.5. The van der Waals surface area contributed by atoms with Crippen LogP contribution in [0.2, 0.25) is 0 Å². The molecule has 2 atom stereocenters. The highest BCUT2D eigenvalue weighted by Gasteiger charge is 2.37. The zero-order valence-electron chi connectivity index (χ0n) is 28.6. The zero-order valence-corrected chi connectivity index (χ0v) is 28.6. The highest BCUT2D eigenvalue weighted by Crippen LogP contribution is 2.47. The van der Waals surface area contributed by atoms with E-state index in [0.717, 1.165) is 74.3 Å². The van der Waals surface area contributed by atoms with E-state index in [-0.39, 0.29) is 41.2 Å². The van der Waals surface area contributed by atoms with Gasteiger partial charge in [0, 0.05) is 67.3 Å². The number of likely N-dealkylation sites (tertiary alicyclic amines) is 1. The number of hydrogen-bond acceptors (Lipinski definition) is 7. The number of phenolic OH excluding ortho intramolecular Hbond substituents is 1. The topological polar surface area (TPSA) is 102 Å². The first-order valence-corrected chi connectivity index (χ1v) is 18.3. The Morgan fingerprint density at radius 2 is 1.41 bits per heavy atom. The maximum Gasteiger partial charge on any atom is 0.258 e. The number of rotatable bonds is 5. The average Bonchev–Trinajstić information content (AvgIpc) is 3.72. The summed E-state index contributed by atoms with van der Waals surface area (Å²) < 4.78 is 6.16. The van der Waals surface area contributed by atoms with Gasteiger partial charge in [-0.25, -0.2) is 0 Å². The Hall–Kier alpha value is -5.15. The summed E-state index contributed by atoms with van der Waals surface area (Å²) in [5.41, 5.74) is 7.63. The summed E-state index contributed by atoms with van der Waals surface area (Å²) in [4.78, 5) is 44.8. The van der Waals surface area contributed by atoms with Crippen molar-refractivity contribution in [3.8, 4) is 11.5 Å². The number of piperidine rings is 2. The van der Waals surface area contributed by atoms with Gasteiger partial charge in [-0.2, -0.15) is 0 Å². The number of ether oxygens (including phenoxy) is 1. The molecule has 9 rings (SSSR count). The number of imide groups is 1. The van der Waals surface area contributed by atoms with Gasteiger partial charge >= 0.3 is 0 Å². The van der Waals surface area contributed by atoms with E-state index in [9.17, 15) is 19.5 Å². The van der Waals surface area contributed by atoms with Crippen molar-refractivity contribution in [3.05, 3.63) is 124 Å². The summed E-state index contributed by atoms with van der Waals surface area (Å²) in [5.74, 6) is 0.782. The molecule has 2 N–H and O–H groups in total. The van der Waals surface area contributed by atoms with Crippen LogP contribution in [0, 0.1) is 5.92 Å². The van der Waals surface area contributed by atoms with Crippen molar-refractivity contribution in [2.24, 2.45) is 5.92 Å². The molecule has 2 fully saturated rings. The number of fused-ring (bicyclic) bond motifs is 3. The monoisotopic (exact) mass is 682 g/mol. The minimum absolute atomic E-state index is 0.0146. The van der Waals surface area contributed by atoms with Gasteiger partial charge in [-0.05, 0) is 91.4 Å².